The summed E-state index contributed by atoms with van der Waals surface area (Å²) in [6.07, 6.45) is 2.88. The number of nitrogens with one attached hydrogen (secondary N) is 1. The van der Waals surface area contributed by atoms with Crippen molar-refractivity contribution in [3.05, 3.63) is 24.3 Å². The maximum absolute atomic E-state index is 12.1. The number of sulfonamides is 1. The molecule has 1 aromatic carbocycles. The maximum Gasteiger partial charge on any atom is 0.244 e. The van der Waals surface area contributed by atoms with Gasteiger partial charge in [-0.1, -0.05) is 12.1 Å². The highest BCUT2D eigenvalue weighted by Gasteiger charge is 2.42. The molecule has 0 aliphatic heterocycles. The fraction of sp³-hybridized carbons (Fsp3) is 0.538. The van der Waals surface area contributed by atoms with Crippen LogP contribution in [0.15, 0.2) is 29.2 Å². The van der Waals surface area contributed by atoms with E-state index >= 15 is 0 Å². The van der Waals surface area contributed by atoms with Crippen molar-refractivity contribution in [1.82, 2.24) is 4.72 Å². The van der Waals surface area contributed by atoms with E-state index in [1.54, 1.807) is 19.2 Å². The van der Waals surface area contributed by atoms with Gasteiger partial charge in [0.05, 0.1) is 0 Å². The summed E-state index contributed by atoms with van der Waals surface area (Å²) in [7, 11) is -2.01. The normalized spacial score (nSPS) is 17.3. The van der Waals surface area contributed by atoms with Gasteiger partial charge in [-0.3, -0.25) is 0 Å². The van der Waals surface area contributed by atoms with E-state index in [4.69, 9.17) is 4.74 Å². The van der Waals surface area contributed by atoms with Crippen LogP contribution < -0.4 is 4.72 Å². The van der Waals surface area contributed by atoms with Crippen LogP contribution in [0.3, 0.4) is 0 Å². The second kappa shape index (κ2) is 5.48. The standard InChI is InChI=1S/C13H19NO4S/c1-18-9-8-13(6-7-13)10-14-19(16,17)12-5-3-2-4-11(12)15/h2-5,14-15H,6-10H2,1H3. The molecule has 1 aliphatic carbocycles. The number of aromatic hydroxyl groups is 1. The molecule has 0 aromatic heterocycles. The first-order chi connectivity index (χ1) is 8.99. The van der Waals surface area contributed by atoms with Gasteiger partial charge in [0.25, 0.3) is 0 Å². The lowest BCUT2D eigenvalue weighted by Gasteiger charge is -2.16. The van der Waals surface area contributed by atoms with E-state index in [0.717, 1.165) is 19.3 Å². The highest BCUT2D eigenvalue weighted by atomic mass is 32.2. The molecule has 1 aliphatic rings. The first kappa shape index (κ1) is 14.3. The Labute approximate surface area is 113 Å². The van der Waals surface area contributed by atoms with Gasteiger partial charge in [0.2, 0.25) is 10.0 Å². The molecule has 2 rings (SSSR count). The monoisotopic (exact) mass is 285 g/mol. The quantitative estimate of drug-likeness (QED) is 0.796. The highest BCUT2D eigenvalue weighted by Crippen LogP contribution is 2.48. The number of phenolic OH excluding ortho intramolecular Hbond substituents is 1. The van der Waals surface area contributed by atoms with Gasteiger partial charge >= 0.3 is 0 Å². The van der Waals surface area contributed by atoms with Crippen LogP contribution in [0, 0.1) is 5.41 Å². The van der Waals surface area contributed by atoms with Crippen LogP contribution in [0.1, 0.15) is 19.3 Å². The van der Waals surface area contributed by atoms with Crippen LogP contribution in [0.5, 0.6) is 5.75 Å². The number of phenols is 1. The number of rotatable bonds is 7. The number of benzene rings is 1. The molecule has 1 fully saturated rings. The van der Waals surface area contributed by atoms with Crippen LogP contribution >= 0.6 is 0 Å². The summed E-state index contributed by atoms with van der Waals surface area (Å²) in [4.78, 5) is -0.0717. The molecule has 0 bridgehead atoms. The van der Waals surface area contributed by atoms with Gasteiger partial charge in [0.1, 0.15) is 10.6 Å². The topological polar surface area (TPSA) is 75.6 Å². The summed E-state index contributed by atoms with van der Waals surface area (Å²) < 4.78 is 31.8. The van der Waals surface area contributed by atoms with E-state index in [2.05, 4.69) is 4.72 Å². The lowest BCUT2D eigenvalue weighted by atomic mass is 10.0. The van der Waals surface area contributed by atoms with E-state index in [0.29, 0.717) is 13.2 Å². The fourth-order valence-corrected chi connectivity index (χ4v) is 3.27. The third-order valence-corrected chi connectivity index (χ3v) is 5.03. The number of hydrogen-bond acceptors (Lipinski definition) is 4. The summed E-state index contributed by atoms with van der Waals surface area (Å²) in [5.41, 5.74) is 0.0352. The van der Waals surface area contributed by atoms with Crippen molar-refractivity contribution in [1.29, 1.82) is 0 Å². The van der Waals surface area contributed by atoms with Crippen molar-refractivity contribution < 1.29 is 18.3 Å². The second-order valence-electron chi connectivity index (χ2n) is 5.04. The zero-order chi connectivity index (χ0) is 13.9. The summed E-state index contributed by atoms with van der Waals surface area (Å²) in [5, 5.41) is 9.59. The molecule has 0 unspecified atom stereocenters. The van der Waals surface area contributed by atoms with Crippen LogP contribution in [-0.4, -0.2) is 33.8 Å². The van der Waals surface area contributed by atoms with Crippen molar-refractivity contribution in [2.45, 2.75) is 24.2 Å². The minimum absolute atomic E-state index is 0.0352. The summed E-state index contributed by atoms with van der Waals surface area (Å²) >= 11 is 0. The second-order valence-corrected chi connectivity index (χ2v) is 6.77. The minimum atomic E-state index is -3.65. The molecular formula is C13H19NO4S. The van der Waals surface area contributed by atoms with Crippen LogP contribution in [-0.2, 0) is 14.8 Å². The van der Waals surface area contributed by atoms with E-state index in [1.165, 1.54) is 12.1 Å². The highest BCUT2D eigenvalue weighted by molar-refractivity contribution is 7.89. The Morgan fingerprint density at radius 1 is 1.37 bits per heavy atom. The molecule has 5 nitrogen and oxygen atoms in total. The Bertz CT molecular complexity index is 537. The first-order valence-corrected chi connectivity index (χ1v) is 7.74. The van der Waals surface area contributed by atoms with Gasteiger partial charge in [0, 0.05) is 20.3 Å². The molecule has 6 heteroatoms. The summed E-state index contributed by atoms with van der Waals surface area (Å²) in [5.74, 6) is -0.225. The van der Waals surface area contributed by atoms with Crippen molar-refractivity contribution in [2.24, 2.45) is 5.41 Å². The molecule has 0 radical (unpaired) electrons. The van der Waals surface area contributed by atoms with Gasteiger partial charge in [-0.05, 0) is 36.8 Å². The van der Waals surface area contributed by atoms with Gasteiger partial charge in [-0.2, -0.15) is 0 Å². The molecule has 0 heterocycles. The molecule has 106 valence electrons. The third kappa shape index (κ3) is 3.46. The Morgan fingerprint density at radius 3 is 2.63 bits per heavy atom. The first-order valence-electron chi connectivity index (χ1n) is 6.26. The molecule has 0 atom stereocenters. The maximum atomic E-state index is 12.1. The van der Waals surface area contributed by atoms with Crippen molar-refractivity contribution in [2.75, 3.05) is 20.3 Å². The van der Waals surface area contributed by atoms with E-state index < -0.39 is 10.0 Å². The predicted octanol–water partition coefficient (Wildman–Crippen LogP) is 1.49. The van der Waals surface area contributed by atoms with E-state index in [9.17, 15) is 13.5 Å². The molecule has 1 saturated carbocycles. The molecule has 0 amide bonds. The average molecular weight is 285 g/mol. The van der Waals surface area contributed by atoms with Crippen LogP contribution in [0.2, 0.25) is 0 Å². The lowest BCUT2D eigenvalue weighted by Crippen LogP contribution is -2.31. The van der Waals surface area contributed by atoms with E-state index in [1.807, 2.05) is 0 Å². The Balaban J connectivity index is 2.01. The van der Waals surface area contributed by atoms with Crippen molar-refractivity contribution in [3.63, 3.8) is 0 Å². The minimum Gasteiger partial charge on any atom is -0.507 e. The van der Waals surface area contributed by atoms with Gasteiger partial charge in [0.15, 0.2) is 0 Å². The molecule has 0 saturated heterocycles. The smallest absolute Gasteiger partial charge is 0.244 e. The Hall–Kier alpha value is -1.11. The third-order valence-electron chi connectivity index (χ3n) is 3.59. The Morgan fingerprint density at radius 2 is 2.05 bits per heavy atom. The summed E-state index contributed by atoms with van der Waals surface area (Å²) in [6.45, 7) is 1.03. The lowest BCUT2D eigenvalue weighted by molar-refractivity contribution is 0.173. The molecule has 2 N–H and O–H groups in total. The zero-order valence-electron chi connectivity index (χ0n) is 10.9. The number of hydrogen-bond donors (Lipinski definition) is 2. The van der Waals surface area contributed by atoms with Crippen molar-refractivity contribution >= 4 is 10.0 Å². The summed E-state index contributed by atoms with van der Waals surface area (Å²) in [6, 6.07) is 5.94. The largest absolute Gasteiger partial charge is 0.507 e. The van der Waals surface area contributed by atoms with E-state index in [-0.39, 0.29) is 16.1 Å². The van der Waals surface area contributed by atoms with Gasteiger partial charge < -0.3 is 9.84 Å². The number of methoxy groups -OCH3 is 1. The van der Waals surface area contributed by atoms with Crippen LogP contribution in [0.4, 0.5) is 0 Å². The Kier molecular flexibility index (Phi) is 4.13. The average Bonchev–Trinajstić information content (AvgIpc) is 3.15. The predicted molar refractivity (Wildman–Crippen MR) is 71.5 cm³/mol. The molecular weight excluding hydrogens is 266 g/mol. The van der Waals surface area contributed by atoms with Crippen LogP contribution in [0.25, 0.3) is 0 Å². The number of para-hydroxylation sites is 1. The fourth-order valence-electron chi connectivity index (χ4n) is 2.02. The van der Waals surface area contributed by atoms with Gasteiger partial charge in [-0.25, -0.2) is 13.1 Å². The van der Waals surface area contributed by atoms with Gasteiger partial charge in [-0.15, -0.1) is 0 Å². The molecule has 19 heavy (non-hydrogen) atoms. The number of ether oxygens (including phenoxy) is 1. The SMILES string of the molecule is COCCC1(CNS(=O)(=O)c2ccccc2O)CC1. The zero-order valence-corrected chi connectivity index (χ0v) is 11.7. The molecule has 1 aromatic rings. The van der Waals surface area contributed by atoms with Crippen molar-refractivity contribution in [3.8, 4) is 5.75 Å². The molecule has 0 spiro atoms.